The summed E-state index contributed by atoms with van der Waals surface area (Å²) in [5.74, 6) is 4.62. The summed E-state index contributed by atoms with van der Waals surface area (Å²) in [5, 5.41) is 3.91. The minimum atomic E-state index is 0.0389. The molecule has 1 fully saturated rings. The van der Waals surface area contributed by atoms with E-state index in [2.05, 4.69) is 17.1 Å². The van der Waals surface area contributed by atoms with Crippen molar-refractivity contribution >= 4 is 5.91 Å². The van der Waals surface area contributed by atoms with Gasteiger partial charge in [-0.05, 0) is 24.5 Å². The van der Waals surface area contributed by atoms with Crippen molar-refractivity contribution in [2.45, 2.75) is 58.4 Å². The SMILES string of the molecule is CC(C)c1noc(CCC(=O)N(C)Cc2ccc([C@@H]3C[C@@H]3C)o2)n1. The molecule has 0 aromatic carbocycles. The average Bonchev–Trinajstić information content (AvgIpc) is 2.96. The Kier molecular flexibility index (Phi) is 4.73. The van der Waals surface area contributed by atoms with E-state index in [0.717, 1.165) is 11.5 Å². The van der Waals surface area contributed by atoms with Gasteiger partial charge in [-0.1, -0.05) is 25.9 Å². The lowest BCUT2D eigenvalue weighted by Crippen LogP contribution is -2.26. The first-order chi connectivity index (χ1) is 11.4. The van der Waals surface area contributed by atoms with Crippen LogP contribution in [0.25, 0.3) is 0 Å². The van der Waals surface area contributed by atoms with E-state index in [1.807, 2.05) is 26.0 Å². The lowest BCUT2D eigenvalue weighted by molar-refractivity contribution is -0.130. The first-order valence-corrected chi connectivity index (χ1v) is 8.59. The Bertz CT molecular complexity index is 704. The third kappa shape index (κ3) is 3.86. The topological polar surface area (TPSA) is 72.4 Å². The lowest BCUT2D eigenvalue weighted by Gasteiger charge is -2.15. The molecule has 0 aliphatic heterocycles. The number of carbonyl (C=O) groups is 1. The van der Waals surface area contributed by atoms with Crippen LogP contribution >= 0.6 is 0 Å². The number of carbonyl (C=O) groups excluding carboxylic acids is 1. The van der Waals surface area contributed by atoms with Crippen LogP contribution in [0.15, 0.2) is 21.1 Å². The highest BCUT2D eigenvalue weighted by Crippen LogP contribution is 2.47. The summed E-state index contributed by atoms with van der Waals surface area (Å²) in [6.07, 6.45) is 2.01. The molecule has 1 saturated carbocycles. The number of hydrogen-bond donors (Lipinski definition) is 0. The maximum Gasteiger partial charge on any atom is 0.227 e. The minimum absolute atomic E-state index is 0.0389. The molecule has 130 valence electrons. The second kappa shape index (κ2) is 6.79. The van der Waals surface area contributed by atoms with Crippen LogP contribution < -0.4 is 0 Å². The summed E-state index contributed by atoms with van der Waals surface area (Å²) >= 11 is 0. The Morgan fingerprint density at radius 2 is 2.17 bits per heavy atom. The predicted molar refractivity (Wildman–Crippen MR) is 88.4 cm³/mol. The van der Waals surface area contributed by atoms with Crippen LogP contribution in [0.4, 0.5) is 0 Å². The molecule has 0 N–H and O–H groups in total. The summed E-state index contributed by atoms with van der Waals surface area (Å²) in [7, 11) is 1.79. The molecule has 6 nitrogen and oxygen atoms in total. The summed E-state index contributed by atoms with van der Waals surface area (Å²) in [6, 6.07) is 4.00. The first kappa shape index (κ1) is 16.7. The van der Waals surface area contributed by atoms with Gasteiger partial charge in [-0.25, -0.2) is 0 Å². The largest absolute Gasteiger partial charge is 0.464 e. The Morgan fingerprint density at radius 1 is 1.42 bits per heavy atom. The molecule has 3 rings (SSSR count). The molecule has 2 aromatic heterocycles. The molecular formula is C18H25N3O3. The molecular weight excluding hydrogens is 306 g/mol. The molecule has 1 aliphatic carbocycles. The van der Waals surface area contributed by atoms with Crippen molar-refractivity contribution in [3.8, 4) is 0 Å². The highest BCUT2D eigenvalue weighted by Gasteiger charge is 2.36. The Labute approximate surface area is 142 Å². The van der Waals surface area contributed by atoms with Gasteiger partial charge in [0.05, 0.1) is 6.54 Å². The van der Waals surface area contributed by atoms with Crippen LogP contribution in [0.1, 0.15) is 68.7 Å². The van der Waals surface area contributed by atoms with Crippen LogP contribution in [0.5, 0.6) is 0 Å². The van der Waals surface area contributed by atoms with Crippen molar-refractivity contribution in [1.29, 1.82) is 0 Å². The Hall–Kier alpha value is -2.11. The molecule has 1 amide bonds. The van der Waals surface area contributed by atoms with Crippen molar-refractivity contribution in [1.82, 2.24) is 15.0 Å². The van der Waals surface area contributed by atoms with Crippen molar-refractivity contribution in [3.63, 3.8) is 0 Å². The number of aryl methyl sites for hydroxylation is 1. The quantitative estimate of drug-likeness (QED) is 0.776. The molecule has 1 aliphatic rings. The fourth-order valence-electron chi connectivity index (χ4n) is 2.73. The zero-order valence-corrected chi connectivity index (χ0v) is 14.8. The third-order valence-corrected chi connectivity index (χ3v) is 4.53. The predicted octanol–water partition coefficient (Wildman–Crippen LogP) is 3.50. The van der Waals surface area contributed by atoms with Crippen molar-refractivity contribution in [3.05, 3.63) is 35.4 Å². The van der Waals surface area contributed by atoms with Gasteiger partial charge < -0.3 is 13.8 Å². The van der Waals surface area contributed by atoms with Gasteiger partial charge in [0.2, 0.25) is 11.8 Å². The maximum atomic E-state index is 12.3. The summed E-state index contributed by atoms with van der Waals surface area (Å²) in [5.41, 5.74) is 0. The van der Waals surface area contributed by atoms with E-state index in [1.54, 1.807) is 11.9 Å². The molecule has 24 heavy (non-hydrogen) atoms. The Morgan fingerprint density at radius 3 is 2.79 bits per heavy atom. The number of amides is 1. The van der Waals surface area contributed by atoms with E-state index >= 15 is 0 Å². The molecule has 2 heterocycles. The smallest absolute Gasteiger partial charge is 0.227 e. The van der Waals surface area contributed by atoms with Crippen LogP contribution in [0.3, 0.4) is 0 Å². The molecule has 0 radical (unpaired) electrons. The molecule has 2 aromatic rings. The fourth-order valence-corrected chi connectivity index (χ4v) is 2.73. The van der Waals surface area contributed by atoms with Gasteiger partial charge in [-0.3, -0.25) is 4.79 Å². The van der Waals surface area contributed by atoms with Gasteiger partial charge in [0.25, 0.3) is 0 Å². The molecule has 6 heteroatoms. The third-order valence-electron chi connectivity index (χ3n) is 4.53. The molecule has 0 unspecified atom stereocenters. The number of aromatic nitrogens is 2. The summed E-state index contributed by atoms with van der Waals surface area (Å²) in [4.78, 5) is 18.2. The summed E-state index contributed by atoms with van der Waals surface area (Å²) < 4.78 is 11.0. The lowest BCUT2D eigenvalue weighted by atomic mass is 10.2. The molecule has 2 atom stereocenters. The highest BCUT2D eigenvalue weighted by molar-refractivity contribution is 5.75. The first-order valence-electron chi connectivity index (χ1n) is 8.59. The van der Waals surface area contributed by atoms with Gasteiger partial charge >= 0.3 is 0 Å². The molecule has 0 bridgehead atoms. The Balaban J connectivity index is 1.48. The highest BCUT2D eigenvalue weighted by atomic mass is 16.5. The van der Waals surface area contributed by atoms with Gasteiger partial charge in [0, 0.05) is 31.7 Å². The summed E-state index contributed by atoms with van der Waals surface area (Å²) in [6.45, 7) is 6.73. The van der Waals surface area contributed by atoms with E-state index in [4.69, 9.17) is 8.94 Å². The van der Waals surface area contributed by atoms with Crippen LogP contribution in [0.2, 0.25) is 0 Å². The van der Waals surface area contributed by atoms with E-state index in [9.17, 15) is 4.79 Å². The van der Waals surface area contributed by atoms with E-state index in [0.29, 0.717) is 42.9 Å². The van der Waals surface area contributed by atoms with Gasteiger partial charge in [-0.2, -0.15) is 4.98 Å². The van der Waals surface area contributed by atoms with E-state index in [-0.39, 0.29) is 11.8 Å². The van der Waals surface area contributed by atoms with Gasteiger partial charge in [0.15, 0.2) is 5.82 Å². The van der Waals surface area contributed by atoms with Gasteiger partial charge in [0.1, 0.15) is 11.5 Å². The van der Waals surface area contributed by atoms with Crippen LogP contribution in [-0.2, 0) is 17.8 Å². The van der Waals surface area contributed by atoms with Gasteiger partial charge in [-0.15, -0.1) is 0 Å². The van der Waals surface area contributed by atoms with Crippen LogP contribution in [0, 0.1) is 5.92 Å². The number of rotatable bonds is 7. The van der Waals surface area contributed by atoms with Crippen molar-refractivity contribution in [2.75, 3.05) is 7.05 Å². The molecule has 0 saturated heterocycles. The number of hydrogen-bond acceptors (Lipinski definition) is 5. The van der Waals surface area contributed by atoms with Crippen molar-refractivity contribution in [2.24, 2.45) is 5.92 Å². The minimum Gasteiger partial charge on any atom is -0.464 e. The van der Waals surface area contributed by atoms with Crippen molar-refractivity contribution < 1.29 is 13.7 Å². The van der Waals surface area contributed by atoms with E-state index < -0.39 is 0 Å². The maximum absolute atomic E-state index is 12.3. The number of nitrogens with zero attached hydrogens (tertiary/aromatic N) is 3. The zero-order valence-electron chi connectivity index (χ0n) is 14.8. The normalized spacial score (nSPS) is 19.7. The monoisotopic (exact) mass is 331 g/mol. The zero-order chi connectivity index (χ0) is 17.3. The second-order valence-corrected chi connectivity index (χ2v) is 7.07. The average molecular weight is 331 g/mol. The van der Waals surface area contributed by atoms with Crippen LogP contribution in [-0.4, -0.2) is 28.0 Å². The second-order valence-electron chi connectivity index (χ2n) is 7.07. The number of furan rings is 1. The van der Waals surface area contributed by atoms with E-state index in [1.165, 1.54) is 6.42 Å². The standard InChI is InChI=1S/C18H25N3O3/c1-11(2)18-19-16(24-20-18)7-8-17(22)21(4)10-13-5-6-15(23-13)14-9-12(14)3/h5-6,11-12,14H,7-10H2,1-4H3/t12-,14+/m0/s1. The molecule has 0 spiro atoms. The fraction of sp³-hybridized carbons (Fsp3) is 0.611.